The van der Waals surface area contributed by atoms with Crippen molar-refractivity contribution in [1.29, 1.82) is 0 Å². The molecule has 0 spiro atoms. The highest BCUT2D eigenvalue weighted by Gasteiger charge is 2.14. The maximum atomic E-state index is 11.2. The maximum absolute atomic E-state index is 11.2. The lowest BCUT2D eigenvalue weighted by molar-refractivity contribution is -0.123. The number of nitrogens with one attached hydrogen (secondary N) is 1. The Bertz CT molecular complexity index is 158. The van der Waals surface area contributed by atoms with Crippen molar-refractivity contribution in [3.8, 4) is 0 Å². The molecule has 2 atom stereocenters. The molecule has 0 fully saturated rings. The van der Waals surface area contributed by atoms with E-state index in [1.807, 2.05) is 13.8 Å². The van der Waals surface area contributed by atoms with Crippen LogP contribution in [0.5, 0.6) is 0 Å². The van der Waals surface area contributed by atoms with E-state index in [0.29, 0.717) is 12.3 Å². The number of aliphatic hydroxyl groups is 1. The van der Waals surface area contributed by atoms with E-state index in [1.165, 1.54) is 0 Å². The minimum atomic E-state index is -0.518. The van der Waals surface area contributed by atoms with Crippen molar-refractivity contribution in [2.45, 2.75) is 39.3 Å². The molecule has 0 saturated carbocycles. The van der Waals surface area contributed by atoms with E-state index < -0.39 is 12.1 Å². The van der Waals surface area contributed by atoms with Crippen molar-refractivity contribution in [2.24, 2.45) is 11.7 Å². The first kappa shape index (κ1) is 12.4. The molecule has 0 aliphatic carbocycles. The van der Waals surface area contributed by atoms with Crippen molar-refractivity contribution in [3.05, 3.63) is 0 Å². The first-order chi connectivity index (χ1) is 5.93. The molecule has 78 valence electrons. The van der Waals surface area contributed by atoms with Gasteiger partial charge in [-0.3, -0.25) is 4.79 Å². The lowest BCUT2D eigenvalue weighted by Crippen LogP contribution is -2.43. The molecular weight excluding hydrogens is 168 g/mol. The summed E-state index contributed by atoms with van der Waals surface area (Å²) in [4.78, 5) is 11.2. The summed E-state index contributed by atoms with van der Waals surface area (Å²) in [5, 5.41) is 11.5. The highest BCUT2D eigenvalue weighted by molar-refractivity contribution is 5.81. The van der Waals surface area contributed by atoms with Gasteiger partial charge in [0, 0.05) is 6.54 Å². The molecule has 1 amide bonds. The summed E-state index contributed by atoms with van der Waals surface area (Å²) < 4.78 is 0. The number of hydrogen-bond donors (Lipinski definition) is 3. The number of nitrogens with two attached hydrogens (primary N) is 1. The average molecular weight is 188 g/mol. The first-order valence-corrected chi connectivity index (χ1v) is 4.64. The molecule has 0 radical (unpaired) electrons. The second-order valence-corrected chi connectivity index (χ2v) is 3.83. The zero-order valence-electron chi connectivity index (χ0n) is 8.58. The Hall–Kier alpha value is -0.610. The molecule has 13 heavy (non-hydrogen) atoms. The normalized spacial score (nSPS) is 15.5. The molecule has 0 rings (SSSR count). The van der Waals surface area contributed by atoms with Crippen LogP contribution in [0.3, 0.4) is 0 Å². The van der Waals surface area contributed by atoms with Gasteiger partial charge in [0.25, 0.3) is 0 Å². The van der Waals surface area contributed by atoms with E-state index in [-0.39, 0.29) is 12.5 Å². The van der Waals surface area contributed by atoms with Crippen LogP contribution in [0.15, 0.2) is 0 Å². The number of rotatable bonds is 5. The first-order valence-electron chi connectivity index (χ1n) is 4.64. The molecule has 0 aromatic heterocycles. The van der Waals surface area contributed by atoms with Crippen molar-refractivity contribution in [2.75, 3.05) is 6.54 Å². The van der Waals surface area contributed by atoms with Gasteiger partial charge in [-0.1, -0.05) is 13.8 Å². The summed E-state index contributed by atoms with van der Waals surface area (Å²) in [5.74, 6) is 0.224. The molecular formula is C9H20N2O2. The Labute approximate surface area is 79.5 Å². The molecule has 0 heterocycles. The van der Waals surface area contributed by atoms with E-state index in [1.54, 1.807) is 6.92 Å². The third-order valence-corrected chi connectivity index (χ3v) is 1.63. The van der Waals surface area contributed by atoms with Crippen LogP contribution in [0.4, 0.5) is 0 Å². The van der Waals surface area contributed by atoms with Crippen molar-refractivity contribution < 1.29 is 9.90 Å². The molecule has 0 aliphatic rings. The Morgan fingerprint density at radius 2 is 2.00 bits per heavy atom. The van der Waals surface area contributed by atoms with Gasteiger partial charge >= 0.3 is 0 Å². The summed E-state index contributed by atoms with van der Waals surface area (Å²) in [7, 11) is 0. The summed E-state index contributed by atoms with van der Waals surface area (Å²) >= 11 is 0. The third kappa shape index (κ3) is 6.54. The SMILES string of the molecule is CC(C)CC(N)C(=O)NCC(C)O. The lowest BCUT2D eigenvalue weighted by atomic mass is 10.0. The summed E-state index contributed by atoms with van der Waals surface area (Å²) in [6, 6.07) is -0.459. The van der Waals surface area contributed by atoms with Crippen LogP contribution in [0, 0.1) is 5.92 Å². The monoisotopic (exact) mass is 188 g/mol. The Kier molecular flexibility index (Phi) is 5.66. The number of hydrogen-bond acceptors (Lipinski definition) is 3. The van der Waals surface area contributed by atoms with Crippen LogP contribution in [0.1, 0.15) is 27.2 Å². The Balaban J connectivity index is 3.69. The van der Waals surface area contributed by atoms with Gasteiger partial charge < -0.3 is 16.2 Å². The molecule has 4 heteroatoms. The van der Waals surface area contributed by atoms with Gasteiger partial charge in [-0.25, -0.2) is 0 Å². The van der Waals surface area contributed by atoms with Gasteiger partial charge in [0.15, 0.2) is 0 Å². The van der Waals surface area contributed by atoms with Crippen molar-refractivity contribution >= 4 is 5.91 Å². The van der Waals surface area contributed by atoms with E-state index in [9.17, 15) is 4.79 Å². The highest BCUT2D eigenvalue weighted by atomic mass is 16.3. The van der Waals surface area contributed by atoms with E-state index in [0.717, 1.165) is 0 Å². The van der Waals surface area contributed by atoms with E-state index in [2.05, 4.69) is 5.32 Å². The zero-order valence-corrected chi connectivity index (χ0v) is 8.58. The molecule has 0 saturated heterocycles. The Morgan fingerprint density at radius 3 is 2.38 bits per heavy atom. The molecule has 0 aromatic carbocycles. The van der Waals surface area contributed by atoms with Gasteiger partial charge in [0.1, 0.15) is 0 Å². The van der Waals surface area contributed by atoms with Gasteiger partial charge in [0.05, 0.1) is 12.1 Å². The average Bonchev–Trinajstić information content (AvgIpc) is 1.98. The third-order valence-electron chi connectivity index (χ3n) is 1.63. The predicted molar refractivity (Wildman–Crippen MR) is 52.1 cm³/mol. The lowest BCUT2D eigenvalue weighted by Gasteiger charge is -2.14. The summed E-state index contributed by atoms with van der Waals surface area (Å²) in [5.41, 5.74) is 5.61. The summed E-state index contributed by atoms with van der Waals surface area (Å²) in [6.45, 7) is 5.92. The second kappa shape index (κ2) is 5.94. The number of amides is 1. The van der Waals surface area contributed by atoms with Gasteiger partial charge in [-0.2, -0.15) is 0 Å². The molecule has 0 aromatic rings. The van der Waals surface area contributed by atoms with Crippen molar-refractivity contribution in [3.63, 3.8) is 0 Å². The molecule has 4 N–H and O–H groups in total. The molecule has 0 bridgehead atoms. The minimum Gasteiger partial charge on any atom is -0.392 e. The van der Waals surface area contributed by atoms with Crippen LogP contribution >= 0.6 is 0 Å². The predicted octanol–water partition coefficient (Wildman–Crippen LogP) is -0.143. The maximum Gasteiger partial charge on any atom is 0.237 e. The summed E-state index contributed by atoms with van der Waals surface area (Å²) in [6.07, 6.45) is 0.154. The fourth-order valence-corrected chi connectivity index (χ4v) is 0.994. The Morgan fingerprint density at radius 1 is 1.46 bits per heavy atom. The molecule has 2 unspecified atom stereocenters. The fourth-order valence-electron chi connectivity index (χ4n) is 0.994. The second-order valence-electron chi connectivity index (χ2n) is 3.83. The number of carbonyl (C=O) groups is 1. The van der Waals surface area contributed by atoms with Gasteiger partial charge in [-0.15, -0.1) is 0 Å². The van der Waals surface area contributed by atoms with Crippen LogP contribution in [-0.2, 0) is 4.79 Å². The molecule has 0 aliphatic heterocycles. The fraction of sp³-hybridized carbons (Fsp3) is 0.889. The topological polar surface area (TPSA) is 75.4 Å². The van der Waals surface area contributed by atoms with Gasteiger partial charge in [-0.05, 0) is 19.3 Å². The quantitative estimate of drug-likeness (QED) is 0.562. The largest absolute Gasteiger partial charge is 0.392 e. The number of aliphatic hydroxyl groups excluding tert-OH is 1. The van der Waals surface area contributed by atoms with Gasteiger partial charge in [0.2, 0.25) is 5.91 Å². The van der Waals surface area contributed by atoms with Crippen molar-refractivity contribution in [1.82, 2.24) is 5.32 Å². The van der Waals surface area contributed by atoms with E-state index in [4.69, 9.17) is 10.8 Å². The van der Waals surface area contributed by atoms with Crippen LogP contribution in [-0.4, -0.2) is 29.7 Å². The standard InChI is InChI=1S/C9H20N2O2/c1-6(2)4-8(10)9(13)11-5-7(3)12/h6-8,12H,4-5,10H2,1-3H3,(H,11,13). The smallest absolute Gasteiger partial charge is 0.237 e. The number of carbonyl (C=O) groups excluding carboxylic acids is 1. The highest BCUT2D eigenvalue weighted by Crippen LogP contribution is 2.02. The zero-order chi connectivity index (χ0) is 10.4. The molecule has 4 nitrogen and oxygen atoms in total. The minimum absolute atomic E-state index is 0.186. The van der Waals surface area contributed by atoms with Crippen LogP contribution in [0.25, 0.3) is 0 Å². The van der Waals surface area contributed by atoms with E-state index >= 15 is 0 Å². The van der Waals surface area contributed by atoms with Crippen LogP contribution < -0.4 is 11.1 Å². The van der Waals surface area contributed by atoms with Crippen LogP contribution in [0.2, 0.25) is 0 Å².